The van der Waals surface area contributed by atoms with Gasteiger partial charge in [0, 0.05) is 12.0 Å². The van der Waals surface area contributed by atoms with E-state index in [2.05, 4.69) is 36.5 Å². The number of nitrogens with one attached hydrogen (secondary N) is 1. The smallest absolute Gasteiger partial charge is 0.115 e. The molecule has 1 aliphatic carbocycles. The van der Waals surface area contributed by atoms with Crippen molar-refractivity contribution in [1.29, 1.82) is 0 Å². The van der Waals surface area contributed by atoms with Gasteiger partial charge in [-0.15, -0.1) is 11.3 Å². The molecule has 0 saturated heterocycles. The normalized spacial score (nSPS) is 15.1. The van der Waals surface area contributed by atoms with Gasteiger partial charge in [-0.2, -0.15) is 0 Å². The number of nitrogens with zero attached hydrogens (tertiary/aromatic N) is 1. The van der Waals surface area contributed by atoms with Gasteiger partial charge in [0.15, 0.2) is 0 Å². The average molecular weight is 302 g/mol. The van der Waals surface area contributed by atoms with Crippen molar-refractivity contribution in [2.24, 2.45) is 0 Å². The van der Waals surface area contributed by atoms with E-state index < -0.39 is 0 Å². The van der Waals surface area contributed by atoms with Crippen molar-refractivity contribution in [3.8, 4) is 0 Å². The molecule has 0 saturated carbocycles. The van der Waals surface area contributed by atoms with E-state index in [1.54, 1.807) is 7.11 Å². The monoisotopic (exact) mass is 302 g/mol. The summed E-state index contributed by atoms with van der Waals surface area (Å²) >= 11 is 1.88. The van der Waals surface area contributed by atoms with Gasteiger partial charge < -0.3 is 10.1 Å². The van der Waals surface area contributed by atoms with Crippen LogP contribution in [0.2, 0.25) is 0 Å². The van der Waals surface area contributed by atoms with Crippen molar-refractivity contribution in [2.75, 3.05) is 13.7 Å². The van der Waals surface area contributed by atoms with E-state index in [0.717, 1.165) is 13.0 Å². The number of aryl methyl sites for hydroxylation is 2. The Balaban J connectivity index is 1.97. The number of benzene rings is 1. The van der Waals surface area contributed by atoms with Crippen molar-refractivity contribution < 1.29 is 4.74 Å². The van der Waals surface area contributed by atoms with E-state index in [1.165, 1.54) is 39.5 Å². The Bertz CT molecular complexity index is 587. The number of aromatic nitrogens is 1. The predicted molar refractivity (Wildman–Crippen MR) is 86.8 cm³/mol. The Hall–Kier alpha value is -1.23. The van der Waals surface area contributed by atoms with Crippen LogP contribution in [0, 0.1) is 0 Å². The third-order valence-corrected chi connectivity index (χ3v) is 5.16. The topological polar surface area (TPSA) is 34.2 Å². The summed E-state index contributed by atoms with van der Waals surface area (Å²) in [5.74, 6) is 0. The summed E-state index contributed by atoms with van der Waals surface area (Å²) in [6.45, 7) is 3.71. The van der Waals surface area contributed by atoms with Crippen LogP contribution in [0.15, 0.2) is 24.3 Å². The fourth-order valence-corrected chi connectivity index (χ4v) is 4.22. The molecule has 0 bridgehead atoms. The lowest BCUT2D eigenvalue weighted by atomic mass is 10.0. The number of hydrogen-bond donors (Lipinski definition) is 1. The molecule has 1 N–H and O–H groups in total. The minimum absolute atomic E-state index is 0.178. The molecule has 112 valence electrons. The van der Waals surface area contributed by atoms with Crippen LogP contribution in [0.25, 0.3) is 0 Å². The second-order valence-corrected chi connectivity index (χ2v) is 6.51. The standard InChI is InChI=1S/C17H22N2OS/c1-3-18-16(13-8-5-4-7-12(13)11-20-2)17-19-14-9-6-10-15(14)21-17/h4-5,7-8,16,18H,3,6,9-11H2,1-2H3. The van der Waals surface area contributed by atoms with Crippen LogP contribution >= 0.6 is 11.3 Å². The molecule has 3 nitrogen and oxygen atoms in total. The molecule has 1 heterocycles. The van der Waals surface area contributed by atoms with Gasteiger partial charge in [0.2, 0.25) is 0 Å². The highest BCUT2D eigenvalue weighted by molar-refractivity contribution is 7.11. The molecule has 2 aromatic rings. The molecule has 1 aromatic carbocycles. The fourth-order valence-electron chi connectivity index (χ4n) is 2.97. The van der Waals surface area contributed by atoms with Crippen molar-refractivity contribution in [3.63, 3.8) is 0 Å². The number of methoxy groups -OCH3 is 1. The van der Waals surface area contributed by atoms with Gasteiger partial charge in [0.25, 0.3) is 0 Å². The van der Waals surface area contributed by atoms with E-state index in [9.17, 15) is 0 Å². The summed E-state index contributed by atoms with van der Waals surface area (Å²) in [6.07, 6.45) is 3.61. The highest BCUT2D eigenvalue weighted by Crippen LogP contribution is 2.34. The van der Waals surface area contributed by atoms with Crippen molar-refractivity contribution in [1.82, 2.24) is 10.3 Å². The molecule has 1 aliphatic rings. The molecule has 4 heteroatoms. The van der Waals surface area contributed by atoms with Gasteiger partial charge in [0.1, 0.15) is 5.01 Å². The van der Waals surface area contributed by atoms with Gasteiger partial charge >= 0.3 is 0 Å². The van der Waals surface area contributed by atoms with Gasteiger partial charge in [-0.05, 0) is 36.9 Å². The zero-order valence-electron chi connectivity index (χ0n) is 12.7. The first kappa shape index (κ1) is 14.7. The lowest BCUT2D eigenvalue weighted by Crippen LogP contribution is -2.23. The van der Waals surface area contributed by atoms with Gasteiger partial charge in [-0.25, -0.2) is 4.98 Å². The Morgan fingerprint density at radius 1 is 1.33 bits per heavy atom. The van der Waals surface area contributed by atoms with Gasteiger partial charge in [-0.3, -0.25) is 0 Å². The van der Waals surface area contributed by atoms with E-state index in [1.807, 2.05) is 11.3 Å². The molecule has 3 rings (SSSR count). The molecule has 1 atom stereocenters. The Kier molecular flexibility index (Phi) is 4.68. The number of thiazole rings is 1. The summed E-state index contributed by atoms with van der Waals surface area (Å²) < 4.78 is 5.35. The Labute approximate surface area is 130 Å². The second kappa shape index (κ2) is 6.69. The van der Waals surface area contributed by atoms with E-state index in [-0.39, 0.29) is 6.04 Å². The first-order valence-corrected chi connectivity index (χ1v) is 8.43. The molecule has 1 unspecified atom stereocenters. The minimum atomic E-state index is 0.178. The zero-order valence-corrected chi connectivity index (χ0v) is 13.5. The number of ether oxygens (including phenoxy) is 1. The molecule has 0 radical (unpaired) electrons. The van der Waals surface area contributed by atoms with Crippen LogP contribution in [0.4, 0.5) is 0 Å². The molecule has 21 heavy (non-hydrogen) atoms. The largest absolute Gasteiger partial charge is 0.380 e. The first-order chi connectivity index (χ1) is 10.3. The summed E-state index contributed by atoms with van der Waals surface area (Å²) in [4.78, 5) is 6.39. The Morgan fingerprint density at radius 2 is 2.19 bits per heavy atom. The first-order valence-electron chi connectivity index (χ1n) is 7.62. The third kappa shape index (κ3) is 3.03. The molecule has 0 fully saturated rings. The van der Waals surface area contributed by atoms with E-state index in [4.69, 9.17) is 9.72 Å². The van der Waals surface area contributed by atoms with Crippen molar-refractivity contribution in [3.05, 3.63) is 51.0 Å². The second-order valence-electron chi connectivity index (χ2n) is 5.40. The van der Waals surface area contributed by atoms with Gasteiger partial charge in [-0.1, -0.05) is 31.2 Å². The zero-order chi connectivity index (χ0) is 14.7. The van der Waals surface area contributed by atoms with Gasteiger partial charge in [0.05, 0.1) is 18.3 Å². The predicted octanol–water partition coefficient (Wildman–Crippen LogP) is 3.48. The van der Waals surface area contributed by atoms with Crippen LogP contribution in [0.1, 0.15) is 46.1 Å². The van der Waals surface area contributed by atoms with Crippen LogP contribution < -0.4 is 5.32 Å². The van der Waals surface area contributed by atoms with Crippen LogP contribution in [-0.4, -0.2) is 18.6 Å². The molecular formula is C17H22N2OS. The molecule has 0 spiro atoms. The van der Waals surface area contributed by atoms with E-state index >= 15 is 0 Å². The van der Waals surface area contributed by atoms with Crippen LogP contribution in [0.5, 0.6) is 0 Å². The minimum Gasteiger partial charge on any atom is -0.380 e. The summed E-state index contributed by atoms with van der Waals surface area (Å²) in [5, 5.41) is 4.79. The lowest BCUT2D eigenvalue weighted by Gasteiger charge is -2.19. The van der Waals surface area contributed by atoms with Crippen molar-refractivity contribution in [2.45, 2.75) is 38.8 Å². The summed E-state index contributed by atoms with van der Waals surface area (Å²) in [5.41, 5.74) is 3.84. The maximum Gasteiger partial charge on any atom is 0.115 e. The van der Waals surface area contributed by atoms with Crippen molar-refractivity contribution >= 4 is 11.3 Å². The molecule has 0 aliphatic heterocycles. The summed E-state index contributed by atoms with van der Waals surface area (Å²) in [7, 11) is 1.75. The molecule has 1 aromatic heterocycles. The lowest BCUT2D eigenvalue weighted by molar-refractivity contribution is 0.183. The highest BCUT2D eigenvalue weighted by atomic mass is 32.1. The number of rotatable bonds is 6. The van der Waals surface area contributed by atoms with Crippen LogP contribution in [-0.2, 0) is 24.2 Å². The quantitative estimate of drug-likeness (QED) is 0.887. The maximum atomic E-state index is 5.35. The van der Waals surface area contributed by atoms with Crippen LogP contribution in [0.3, 0.4) is 0 Å². The SMILES string of the molecule is CCNC(c1nc2c(s1)CCC2)c1ccccc1COC. The summed E-state index contributed by atoms with van der Waals surface area (Å²) in [6, 6.07) is 8.68. The Morgan fingerprint density at radius 3 is 2.95 bits per heavy atom. The number of fused-ring (bicyclic) bond motifs is 1. The highest BCUT2D eigenvalue weighted by Gasteiger charge is 2.24. The van der Waals surface area contributed by atoms with E-state index in [0.29, 0.717) is 6.61 Å². The molecule has 0 amide bonds. The fraction of sp³-hybridized carbons (Fsp3) is 0.471. The third-order valence-electron chi connectivity index (χ3n) is 3.93. The maximum absolute atomic E-state index is 5.35. The molecular weight excluding hydrogens is 280 g/mol. The number of hydrogen-bond acceptors (Lipinski definition) is 4. The average Bonchev–Trinajstić information content (AvgIpc) is 3.07.